The van der Waals surface area contributed by atoms with Crippen LogP contribution in [0.15, 0.2) is 30.3 Å². The molecule has 0 unspecified atom stereocenters. The molecule has 0 aliphatic rings. The van der Waals surface area contributed by atoms with Gasteiger partial charge in [0.05, 0.1) is 0 Å². The molecule has 0 saturated heterocycles. The zero-order valence-corrected chi connectivity index (χ0v) is 13.4. The summed E-state index contributed by atoms with van der Waals surface area (Å²) < 4.78 is 5.16. The normalized spacial score (nSPS) is 11.4. The van der Waals surface area contributed by atoms with Crippen LogP contribution in [0.2, 0.25) is 0 Å². The standard InChI is InChI=1S/C17H24N2O3/c1-4-11-17(2,3)19-16(21)10-7-13-5-8-14(9-6-13)22-12-15(18)20/h5-10H,4,11-12H2,1-3H3,(H2,18,20)(H,19,21). The van der Waals surface area contributed by atoms with Gasteiger partial charge in [0.15, 0.2) is 6.61 Å². The molecule has 0 heterocycles. The zero-order valence-electron chi connectivity index (χ0n) is 13.4. The van der Waals surface area contributed by atoms with Gasteiger partial charge in [-0.1, -0.05) is 25.5 Å². The van der Waals surface area contributed by atoms with Crippen LogP contribution in [0.5, 0.6) is 5.75 Å². The topological polar surface area (TPSA) is 81.4 Å². The number of hydrogen-bond acceptors (Lipinski definition) is 3. The van der Waals surface area contributed by atoms with Crippen LogP contribution >= 0.6 is 0 Å². The van der Waals surface area contributed by atoms with Gasteiger partial charge in [-0.25, -0.2) is 0 Å². The lowest BCUT2D eigenvalue weighted by Crippen LogP contribution is -2.42. The van der Waals surface area contributed by atoms with E-state index in [2.05, 4.69) is 12.2 Å². The Morgan fingerprint density at radius 3 is 2.45 bits per heavy atom. The molecule has 5 nitrogen and oxygen atoms in total. The van der Waals surface area contributed by atoms with Crippen molar-refractivity contribution in [2.75, 3.05) is 6.61 Å². The fourth-order valence-corrected chi connectivity index (χ4v) is 2.06. The van der Waals surface area contributed by atoms with E-state index in [4.69, 9.17) is 10.5 Å². The van der Waals surface area contributed by atoms with E-state index in [1.165, 1.54) is 6.08 Å². The van der Waals surface area contributed by atoms with Gasteiger partial charge in [0.2, 0.25) is 5.91 Å². The van der Waals surface area contributed by atoms with E-state index in [0.29, 0.717) is 5.75 Å². The minimum atomic E-state index is -0.518. The molecule has 0 aromatic heterocycles. The Kier molecular flexibility index (Phi) is 6.63. The summed E-state index contributed by atoms with van der Waals surface area (Å²) in [6.45, 7) is 5.95. The average Bonchev–Trinajstić information content (AvgIpc) is 2.43. The molecule has 1 aromatic carbocycles. The van der Waals surface area contributed by atoms with E-state index in [1.54, 1.807) is 30.3 Å². The Morgan fingerprint density at radius 2 is 1.91 bits per heavy atom. The van der Waals surface area contributed by atoms with Crippen LogP contribution in [0.4, 0.5) is 0 Å². The van der Waals surface area contributed by atoms with Crippen LogP contribution in [-0.2, 0) is 9.59 Å². The number of hydrogen-bond donors (Lipinski definition) is 2. The van der Waals surface area contributed by atoms with Crippen molar-refractivity contribution in [1.29, 1.82) is 0 Å². The average molecular weight is 304 g/mol. The largest absolute Gasteiger partial charge is 0.484 e. The molecule has 0 aliphatic heterocycles. The fraction of sp³-hybridized carbons (Fsp3) is 0.412. The van der Waals surface area contributed by atoms with Crippen LogP contribution < -0.4 is 15.8 Å². The van der Waals surface area contributed by atoms with Crippen molar-refractivity contribution < 1.29 is 14.3 Å². The molecule has 0 aliphatic carbocycles. The molecule has 0 radical (unpaired) electrons. The first kappa shape index (κ1) is 17.8. The number of nitrogens with one attached hydrogen (secondary N) is 1. The molecular weight excluding hydrogens is 280 g/mol. The number of rotatable bonds is 8. The van der Waals surface area contributed by atoms with Gasteiger partial charge in [-0.05, 0) is 44.0 Å². The van der Waals surface area contributed by atoms with Crippen LogP contribution in [0.3, 0.4) is 0 Å². The SMILES string of the molecule is CCCC(C)(C)NC(=O)C=Cc1ccc(OCC(N)=O)cc1. The highest BCUT2D eigenvalue weighted by Gasteiger charge is 2.17. The summed E-state index contributed by atoms with van der Waals surface area (Å²) in [6.07, 6.45) is 5.19. The first-order valence-corrected chi connectivity index (χ1v) is 7.34. The third-order valence-corrected chi connectivity index (χ3v) is 3.02. The number of carbonyl (C=O) groups is 2. The number of benzene rings is 1. The highest BCUT2D eigenvalue weighted by molar-refractivity contribution is 5.92. The van der Waals surface area contributed by atoms with Gasteiger partial charge in [-0.2, -0.15) is 0 Å². The predicted molar refractivity (Wildman–Crippen MR) is 87.3 cm³/mol. The Bertz CT molecular complexity index is 533. The van der Waals surface area contributed by atoms with Crippen molar-refractivity contribution in [3.8, 4) is 5.75 Å². The first-order valence-electron chi connectivity index (χ1n) is 7.34. The van der Waals surface area contributed by atoms with Crippen LogP contribution in [0.1, 0.15) is 39.2 Å². The fourth-order valence-electron chi connectivity index (χ4n) is 2.06. The van der Waals surface area contributed by atoms with E-state index in [9.17, 15) is 9.59 Å². The summed E-state index contributed by atoms with van der Waals surface area (Å²) in [5.74, 6) is -0.0766. The summed E-state index contributed by atoms with van der Waals surface area (Å²) in [7, 11) is 0. The lowest BCUT2D eigenvalue weighted by molar-refractivity contribution is -0.120. The van der Waals surface area contributed by atoms with Crippen LogP contribution in [-0.4, -0.2) is 24.0 Å². The molecule has 1 aromatic rings. The smallest absolute Gasteiger partial charge is 0.255 e. The molecule has 2 amide bonds. The summed E-state index contributed by atoms with van der Waals surface area (Å²) in [6, 6.07) is 7.05. The first-order chi connectivity index (χ1) is 10.3. The molecule has 3 N–H and O–H groups in total. The molecular formula is C17H24N2O3. The van der Waals surface area contributed by atoms with Crippen LogP contribution in [0.25, 0.3) is 6.08 Å². The number of ether oxygens (including phenoxy) is 1. The van der Waals surface area contributed by atoms with Gasteiger partial charge in [-0.15, -0.1) is 0 Å². The zero-order chi connectivity index (χ0) is 16.6. The second kappa shape index (κ2) is 8.22. The maximum Gasteiger partial charge on any atom is 0.255 e. The molecule has 22 heavy (non-hydrogen) atoms. The van der Waals surface area contributed by atoms with Crippen molar-refractivity contribution in [1.82, 2.24) is 5.32 Å². The number of nitrogens with two attached hydrogens (primary N) is 1. The van der Waals surface area contributed by atoms with E-state index in [-0.39, 0.29) is 18.1 Å². The summed E-state index contributed by atoms with van der Waals surface area (Å²) in [5, 5.41) is 2.97. The predicted octanol–water partition coefficient (Wildman–Crippen LogP) is 2.26. The molecule has 0 spiro atoms. The molecule has 0 atom stereocenters. The van der Waals surface area contributed by atoms with Gasteiger partial charge in [0.25, 0.3) is 5.91 Å². The third kappa shape index (κ3) is 6.92. The van der Waals surface area contributed by atoms with Gasteiger partial charge >= 0.3 is 0 Å². The van der Waals surface area contributed by atoms with Crippen molar-refractivity contribution in [2.45, 2.75) is 39.2 Å². The Morgan fingerprint density at radius 1 is 1.27 bits per heavy atom. The number of carbonyl (C=O) groups excluding carboxylic acids is 2. The van der Waals surface area contributed by atoms with E-state index >= 15 is 0 Å². The summed E-state index contributed by atoms with van der Waals surface area (Å²) in [4.78, 5) is 22.5. The third-order valence-electron chi connectivity index (χ3n) is 3.02. The molecule has 0 saturated carbocycles. The van der Waals surface area contributed by atoms with Crippen LogP contribution in [0, 0.1) is 0 Å². The second-order valence-electron chi connectivity index (χ2n) is 5.78. The summed E-state index contributed by atoms with van der Waals surface area (Å²) >= 11 is 0. The minimum absolute atomic E-state index is 0.118. The van der Waals surface area contributed by atoms with Crippen molar-refractivity contribution in [3.63, 3.8) is 0 Å². The van der Waals surface area contributed by atoms with Gasteiger partial charge < -0.3 is 15.8 Å². The van der Waals surface area contributed by atoms with Crippen molar-refractivity contribution in [2.24, 2.45) is 5.73 Å². The molecule has 0 bridgehead atoms. The van der Waals surface area contributed by atoms with Crippen molar-refractivity contribution >= 4 is 17.9 Å². The lowest BCUT2D eigenvalue weighted by atomic mass is 9.99. The number of primary amides is 1. The Balaban J connectivity index is 2.55. The van der Waals surface area contributed by atoms with Gasteiger partial charge in [-0.3, -0.25) is 9.59 Å². The molecule has 1 rings (SSSR count). The van der Waals surface area contributed by atoms with Gasteiger partial charge in [0, 0.05) is 11.6 Å². The monoisotopic (exact) mass is 304 g/mol. The van der Waals surface area contributed by atoms with Crippen molar-refractivity contribution in [3.05, 3.63) is 35.9 Å². The summed E-state index contributed by atoms with van der Waals surface area (Å²) in [5.41, 5.74) is 5.67. The maximum atomic E-state index is 11.9. The Labute approximate surface area is 131 Å². The van der Waals surface area contributed by atoms with Gasteiger partial charge in [0.1, 0.15) is 5.75 Å². The quantitative estimate of drug-likeness (QED) is 0.723. The molecule has 120 valence electrons. The highest BCUT2D eigenvalue weighted by atomic mass is 16.5. The maximum absolute atomic E-state index is 11.9. The molecule has 5 heteroatoms. The van der Waals surface area contributed by atoms with E-state index < -0.39 is 5.91 Å². The Hall–Kier alpha value is -2.30. The van der Waals surface area contributed by atoms with E-state index in [1.807, 2.05) is 13.8 Å². The highest BCUT2D eigenvalue weighted by Crippen LogP contribution is 2.14. The second-order valence-corrected chi connectivity index (χ2v) is 5.78. The number of amides is 2. The molecule has 0 fully saturated rings. The van der Waals surface area contributed by atoms with E-state index in [0.717, 1.165) is 18.4 Å². The lowest BCUT2D eigenvalue weighted by Gasteiger charge is -2.24. The minimum Gasteiger partial charge on any atom is -0.484 e.